The number of carbonyl (C=O) groups is 3. The van der Waals surface area contributed by atoms with Crippen molar-refractivity contribution in [3.63, 3.8) is 0 Å². The molecule has 1 aliphatic rings. The van der Waals surface area contributed by atoms with Crippen LogP contribution < -0.4 is 0 Å². The predicted molar refractivity (Wildman–Crippen MR) is 194 cm³/mol. The fraction of sp³-hybridized carbons (Fsp3) is 0.357. The summed E-state index contributed by atoms with van der Waals surface area (Å²) in [4.78, 5) is 37.1. The van der Waals surface area contributed by atoms with E-state index in [0.717, 1.165) is 23.1 Å². The zero-order chi connectivity index (χ0) is 34.9. The van der Waals surface area contributed by atoms with Gasteiger partial charge in [-0.15, -0.1) is 0 Å². The maximum atomic E-state index is 12.2. The third-order valence-electron chi connectivity index (χ3n) is 8.15. The third kappa shape index (κ3) is 12.2. The Bertz CT molecular complexity index is 1540. The van der Waals surface area contributed by atoms with E-state index in [1.54, 1.807) is 0 Å². The van der Waals surface area contributed by atoms with Crippen LogP contribution in [0, 0.1) is 0 Å². The topological polar surface area (TPSA) is 72.9 Å². The predicted octanol–water partition coefficient (Wildman–Crippen LogP) is 9.29. The first-order valence-electron chi connectivity index (χ1n) is 17.0. The molecule has 0 radical (unpaired) electrons. The fourth-order valence-corrected chi connectivity index (χ4v) is 4.90. The van der Waals surface area contributed by atoms with Gasteiger partial charge in [0, 0.05) is 30.6 Å². The van der Waals surface area contributed by atoms with Gasteiger partial charge in [-0.25, -0.2) is 4.79 Å². The average molecular weight is 650 g/mol. The second-order valence-corrected chi connectivity index (χ2v) is 12.3. The molecule has 0 aromatic heterocycles. The van der Waals surface area contributed by atoms with Crippen LogP contribution in [0.25, 0.3) is 0 Å². The minimum atomic E-state index is -0.276. The summed E-state index contributed by atoms with van der Waals surface area (Å²) in [6.07, 6.45) is 1.56. The Labute approximate surface area is 287 Å². The van der Waals surface area contributed by atoms with Gasteiger partial charge in [-0.05, 0) is 64.8 Å². The zero-order valence-electron chi connectivity index (χ0n) is 29.4. The Balaban J connectivity index is 0.000000198. The second kappa shape index (κ2) is 20.0. The zero-order valence-corrected chi connectivity index (χ0v) is 29.4. The van der Waals surface area contributed by atoms with E-state index in [4.69, 9.17) is 9.47 Å². The van der Waals surface area contributed by atoms with E-state index < -0.39 is 0 Å². The lowest BCUT2D eigenvalue weighted by atomic mass is 10.00. The molecule has 0 N–H and O–H groups in total. The summed E-state index contributed by atoms with van der Waals surface area (Å²) in [5.41, 5.74) is 6.97. The molecule has 1 aliphatic heterocycles. The monoisotopic (exact) mass is 649 g/mol. The number of esters is 1. The molecule has 0 saturated carbocycles. The van der Waals surface area contributed by atoms with Crippen molar-refractivity contribution in [2.75, 3.05) is 26.3 Å². The van der Waals surface area contributed by atoms with Gasteiger partial charge in [0.1, 0.15) is 6.61 Å². The largest absolute Gasteiger partial charge is 0.457 e. The van der Waals surface area contributed by atoms with Crippen LogP contribution in [-0.2, 0) is 22.5 Å². The number of morpholine rings is 1. The van der Waals surface area contributed by atoms with Crippen LogP contribution in [0.15, 0.2) is 103 Å². The van der Waals surface area contributed by atoms with E-state index in [9.17, 15) is 14.4 Å². The molecule has 1 fully saturated rings. The van der Waals surface area contributed by atoms with Gasteiger partial charge < -0.3 is 14.4 Å². The lowest BCUT2D eigenvalue weighted by molar-refractivity contribution is 0.0303. The van der Waals surface area contributed by atoms with Crippen molar-refractivity contribution >= 4 is 17.7 Å². The Morgan fingerprint density at radius 2 is 1.15 bits per heavy atom. The van der Waals surface area contributed by atoms with Crippen molar-refractivity contribution < 1.29 is 23.9 Å². The van der Waals surface area contributed by atoms with E-state index in [2.05, 4.69) is 34.6 Å². The number of hydrogen-bond donors (Lipinski definition) is 0. The van der Waals surface area contributed by atoms with Crippen LogP contribution >= 0.6 is 0 Å². The Morgan fingerprint density at radius 1 is 0.646 bits per heavy atom. The van der Waals surface area contributed by atoms with E-state index in [-0.39, 0.29) is 17.7 Å². The SMILES string of the molecule is CC(C)c1ccc(C(=O)N2CCOCC2)cc1.CCC(=O)c1ccc(C(C)C)cc1.CCc1ccc(C(=O)OCc2ccccc2)cc1. The van der Waals surface area contributed by atoms with E-state index in [0.29, 0.717) is 56.7 Å². The molecule has 6 nitrogen and oxygen atoms in total. The lowest BCUT2D eigenvalue weighted by Crippen LogP contribution is -2.40. The number of aryl methyl sites for hydroxylation is 1. The summed E-state index contributed by atoms with van der Waals surface area (Å²) < 4.78 is 10.5. The molecule has 4 aromatic carbocycles. The number of benzene rings is 4. The van der Waals surface area contributed by atoms with Gasteiger partial charge in [0.05, 0.1) is 18.8 Å². The summed E-state index contributed by atoms with van der Waals surface area (Å²) in [5.74, 6) is 1.09. The highest BCUT2D eigenvalue weighted by molar-refractivity contribution is 5.96. The number of Topliss-reactive ketones (excluding diaryl/α,β-unsaturated/α-hetero) is 1. The van der Waals surface area contributed by atoms with Gasteiger partial charge in [-0.3, -0.25) is 9.59 Å². The van der Waals surface area contributed by atoms with Crippen molar-refractivity contribution in [1.82, 2.24) is 4.90 Å². The van der Waals surface area contributed by atoms with Crippen molar-refractivity contribution in [3.05, 3.63) is 142 Å². The summed E-state index contributed by atoms with van der Waals surface area (Å²) in [6.45, 7) is 15.6. The number of rotatable bonds is 9. The summed E-state index contributed by atoms with van der Waals surface area (Å²) in [6, 6.07) is 33.0. The van der Waals surface area contributed by atoms with Gasteiger partial charge in [-0.1, -0.05) is 120 Å². The molecule has 254 valence electrons. The first-order chi connectivity index (χ1) is 23.1. The van der Waals surface area contributed by atoms with Crippen LogP contribution in [0.5, 0.6) is 0 Å². The van der Waals surface area contributed by atoms with Crippen molar-refractivity contribution in [1.29, 1.82) is 0 Å². The van der Waals surface area contributed by atoms with E-state index >= 15 is 0 Å². The number of carbonyl (C=O) groups excluding carboxylic acids is 3. The van der Waals surface area contributed by atoms with Gasteiger partial charge >= 0.3 is 5.97 Å². The Hall–Kier alpha value is -4.55. The summed E-state index contributed by atoms with van der Waals surface area (Å²) >= 11 is 0. The highest BCUT2D eigenvalue weighted by Gasteiger charge is 2.18. The highest BCUT2D eigenvalue weighted by Crippen LogP contribution is 2.17. The molecular weight excluding hydrogens is 598 g/mol. The minimum Gasteiger partial charge on any atom is -0.457 e. The number of amides is 1. The number of hydrogen-bond acceptors (Lipinski definition) is 5. The van der Waals surface area contributed by atoms with Gasteiger partial charge in [0.25, 0.3) is 5.91 Å². The van der Waals surface area contributed by atoms with E-state index in [1.165, 1.54) is 16.7 Å². The minimum absolute atomic E-state index is 0.114. The van der Waals surface area contributed by atoms with Crippen LogP contribution in [-0.4, -0.2) is 48.9 Å². The Kier molecular flexibility index (Phi) is 15.8. The lowest BCUT2D eigenvalue weighted by Gasteiger charge is -2.26. The molecule has 6 heteroatoms. The van der Waals surface area contributed by atoms with Gasteiger partial charge in [-0.2, -0.15) is 0 Å². The second-order valence-electron chi connectivity index (χ2n) is 12.3. The molecule has 0 spiro atoms. The maximum absolute atomic E-state index is 12.2. The van der Waals surface area contributed by atoms with Gasteiger partial charge in [0.15, 0.2) is 5.78 Å². The van der Waals surface area contributed by atoms with Crippen LogP contribution in [0.4, 0.5) is 0 Å². The van der Waals surface area contributed by atoms with Crippen molar-refractivity contribution in [2.24, 2.45) is 0 Å². The fourth-order valence-electron chi connectivity index (χ4n) is 4.90. The average Bonchev–Trinajstić information content (AvgIpc) is 3.14. The molecule has 0 aliphatic carbocycles. The molecule has 1 heterocycles. The number of nitrogens with zero attached hydrogens (tertiary/aromatic N) is 1. The molecule has 4 aromatic rings. The molecule has 0 bridgehead atoms. The van der Waals surface area contributed by atoms with Crippen LogP contribution in [0.2, 0.25) is 0 Å². The highest BCUT2D eigenvalue weighted by atomic mass is 16.5. The summed E-state index contributed by atoms with van der Waals surface area (Å²) in [5, 5.41) is 0. The molecule has 1 amide bonds. The number of ketones is 1. The first kappa shape index (κ1) is 37.9. The first-order valence-corrected chi connectivity index (χ1v) is 17.0. The smallest absolute Gasteiger partial charge is 0.338 e. The third-order valence-corrected chi connectivity index (χ3v) is 8.15. The molecule has 5 rings (SSSR count). The van der Waals surface area contributed by atoms with Crippen molar-refractivity contribution in [2.45, 2.75) is 72.8 Å². The molecule has 0 atom stereocenters. The van der Waals surface area contributed by atoms with Gasteiger partial charge in [0.2, 0.25) is 0 Å². The standard InChI is InChI=1S/C16H16O2.C14H19NO2.C12H16O/c1-2-13-8-10-15(11-9-13)16(17)18-12-14-6-4-3-5-7-14;1-11(2)12-3-5-13(6-4-12)14(16)15-7-9-17-10-8-15;1-4-12(13)11-7-5-10(6-8-11)9(2)3/h3-11H,2,12H2,1H3;3-6,11H,7-10H2,1-2H3;5-9H,4H2,1-3H3. The molecule has 48 heavy (non-hydrogen) atoms. The van der Waals surface area contributed by atoms with Crippen LogP contribution in [0.1, 0.15) is 113 Å². The molecule has 0 unspecified atom stereocenters. The molecule has 1 saturated heterocycles. The maximum Gasteiger partial charge on any atom is 0.338 e. The molecular formula is C42H51NO5. The van der Waals surface area contributed by atoms with Crippen molar-refractivity contribution in [3.8, 4) is 0 Å². The number of ether oxygens (including phenoxy) is 2. The summed E-state index contributed by atoms with van der Waals surface area (Å²) in [7, 11) is 0. The Morgan fingerprint density at radius 3 is 1.62 bits per heavy atom. The van der Waals surface area contributed by atoms with E-state index in [1.807, 2.05) is 115 Å². The quantitative estimate of drug-likeness (QED) is 0.134. The van der Waals surface area contributed by atoms with Crippen LogP contribution in [0.3, 0.4) is 0 Å². The normalized spacial score (nSPS) is 12.4.